The molecular formula is C35H40F3NO6S2Si. The van der Waals surface area contributed by atoms with E-state index >= 15 is 0 Å². The van der Waals surface area contributed by atoms with Gasteiger partial charge in [0, 0.05) is 33.8 Å². The van der Waals surface area contributed by atoms with Gasteiger partial charge < -0.3 is 9.16 Å². The summed E-state index contributed by atoms with van der Waals surface area (Å²) < 4.78 is 77.1. The molecule has 258 valence electrons. The number of halogens is 3. The van der Waals surface area contributed by atoms with Crippen LogP contribution in [0.4, 0.5) is 13.2 Å². The Hall–Kier alpha value is -3.26. The Balaban J connectivity index is 1.50. The Kier molecular flexibility index (Phi) is 10.2. The number of fused-ring (bicyclic) bond motifs is 1. The monoisotopic (exact) mass is 719 g/mol. The van der Waals surface area contributed by atoms with Gasteiger partial charge in [-0.25, -0.2) is 8.42 Å². The third-order valence-electron chi connectivity index (χ3n) is 9.26. The van der Waals surface area contributed by atoms with E-state index in [4.69, 9.17) is 9.16 Å². The lowest BCUT2D eigenvalue weighted by Crippen LogP contribution is -2.43. The molecule has 13 heteroatoms. The van der Waals surface area contributed by atoms with Crippen LogP contribution in [0, 0.1) is 0 Å². The highest BCUT2D eigenvalue weighted by atomic mass is 32.2. The van der Waals surface area contributed by atoms with E-state index in [1.165, 1.54) is 19.3 Å². The molecule has 0 bridgehead atoms. The van der Waals surface area contributed by atoms with Crippen LogP contribution in [0.25, 0.3) is 16.5 Å². The highest BCUT2D eigenvalue weighted by molar-refractivity contribution is 7.96. The van der Waals surface area contributed by atoms with Crippen molar-refractivity contribution in [3.05, 3.63) is 75.0 Å². The fourth-order valence-corrected chi connectivity index (χ4v) is 8.74. The lowest BCUT2D eigenvalue weighted by atomic mass is 9.91. The van der Waals surface area contributed by atoms with Gasteiger partial charge in [-0.2, -0.15) is 13.2 Å². The summed E-state index contributed by atoms with van der Waals surface area (Å²) in [6.45, 7) is 14.0. The van der Waals surface area contributed by atoms with E-state index in [0.717, 1.165) is 37.0 Å². The fraction of sp³-hybridized carbons (Fsp3) is 0.429. The van der Waals surface area contributed by atoms with Crippen LogP contribution >= 0.6 is 11.3 Å². The highest BCUT2D eigenvalue weighted by Gasteiger charge is 2.50. The minimum Gasteiger partial charge on any atom is -0.544 e. The average molecular weight is 720 g/mol. The third-order valence-corrected chi connectivity index (χ3v) is 16.4. The van der Waals surface area contributed by atoms with Crippen LogP contribution < -0.4 is 9.16 Å². The summed E-state index contributed by atoms with van der Waals surface area (Å²) in [5.41, 5.74) is -4.82. The third kappa shape index (κ3) is 7.48. The molecule has 0 saturated carbocycles. The van der Waals surface area contributed by atoms with Crippen molar-refractivity contribution in [2.45, 2.75) is 70.1 Å². The first-order valence-corrected chi connectivity index (χ1v) is 21.1. The van der Waals surface area contributed by atoms with Gasteiger partial charge in [0.1, 0.15) is 18.1 Å². The van der Waals surface area contributed by atoms with Crippen molar-refractivity contribution in [2.24, 2.45) is 0 Å². The second-order valence-electron chi connectivity index (χ2n) is 13.7. The molecule has 0 N–H and O–H groups in total. The zero-order valence-electron chi connectivity index (χ0n) is 27.7. The smallest absolute Gasteiger partial charge is 0.501 e. The van der Waals surface area contributed by atoms with Crippen LogP contribution in [0.1, 0.15) is 77.6 Å². The number of thiophene rings is 1. The van der Waals surface area contributed by atoms with Crippen molar-refractivity contribution in [2.75, 3.05) is 26.2 Å². The van der Waals surface area contributed by atoms with E-state index in [2.05, 4.69) is 38.8 Å². The number of hydrogen-bond donors (Lipinski definition) is 0. The molecule has 7 nitrogen and oxygen atoms in total. The standard InChI is InChI=1S/C35H40F3NO6S2Si/c1-34(2,3)48(4,5)45-26-15-11-24(12-16-26)33-31(30-28(40)21-27(22-29(30)46-33)47(42,43)35(36,37)38)32(41)23-9-13-25(14-10-23)44-20-19-39-17-7-6-8-18-39/h9-16,22H,6-8,17-21H2,1-5H3. The Labute approximate surface area is 284 Å². The predicted molar refractivity (Wildman–Crippen MR) is 185 cm³/mol. The van der Waals surface area contributed by atoms with Crippen LogP contribution in [0.15, 0.2) is 53.4 Å². The lowest BCUT2D eigenvalue weighted by Gasteiger charge is -2.36. The molecule has 1 fully saturated rings. The molecule has 0 unspecified atom stereocenters. The lowest BCUT2D eigenvalue weighted by molar-refractivity contribution is -0.0426. The number of nitrogens with zero attached hydrogens (tertiary/aromatic N) is 1. The summed E-state index contributed by atoms with van der Waals surface area (Å²) in [5.74, 6) is -0.163. The van der Waals surface area contributed by atoms with Crippen molar-refractivity contribution in [1.82, 2.24) is 4.90 Å². The molecule has 1 saturated heterocycles. The molecule has 3 aromatic rings. The van der Waals surface area contributed by atoms with Crippen molar-refractivity contribution >= 4 is 47.1 Å². The van der Waals surface area contributed by atoms with E-state index in [0.29, 0.717) is 28.5 Å². The number of likely N-dealkylation sites (tertiary alicyclic amines) is 1. The predicted octanol–water partition coefficient (Wildman–Crippen LogP) is 8.76. The number of piperidine rings is 1. The van der Waals surface area contributed by atoms with Crippen LogP contribution in [0.2, 0.25) is 18.1 Å². The maximum Gasteiger partial charge on any atom is 0.501 e. The topological polar surface area (TPSA) is 90.0 Å². The van der Waals surface area contributed by atoms with Gasteiger partial charge in [0.2, 0.25) is 8.32 Å². The van der Waals surface area contributed by atoms with Gasteiger partial charge in [0.15, 0.2) is 11.6 Å². The largest absolute Gasteiger partial charge is 0.544 e. The fourth-order valence-electron chi connectivity index (χ4n) is 5.46. The molecule has 2 aliphatic rings. The Morgan fingerprint density at radius 2 is 1.54 bits per heavy atom. The molecular weight excluding hydrogens is 680 g/mol. The SMILES string of the molecule is CC(C)(C)[Si](C)(C)Oc1ccc(-c2sc3c(c2C(=O)c2ccc(OCCN4CCCCC4)cc2)C(=O)CC(S(=O)(=O)C(F)(F)F)=C3)cc1. The van der Waals surface area contributed by atoms with Crippen molar-refractivity contribution < 1.29 is 40.3 Å². The zero-order valence-corrected chi connectivity index (χ0v) is 30.3. The number of Topliss-reactive ketones (excluding diaryl/α,β-unsaturated/α-hetero) is 1. The van der Waals surface area contributed by atoms with Gasteiger partial charge in [-0.05, 0) is 104 Å². The van der Waals surface area contributed by atoms with Gasteiger partial charge in [-0.1, -0.05) is 27.2 Å². The molecule has 2 aromatic carbocycles. The number of carbonyl (C=O) groups is 2. The minimum absolute atomic E-state index is 0.00769. The van der Waals surface area contributed by atoms with Crippen molar-refractivity contribution in [3.8, 4) is 21.9 Å². The maximum atomic E-state index is 14.1. The normalized spacial score (nSPS) is 16.3. The number of carbonyl (C=O) groups excluding carboxylic acids is 2. The number of ether oxygens (including phenoxy) is 1. The second kappa shape index (κ2) is 13.6. The van der Waals surface area contributed by atoms with Gasteiger partial charge in [0.25, 0.3) is 9.84 Å². The summed E-state index contributed by atoms with van der Waals surface area (Å²) in [6.07, 6.45) is 3.48. The number of alkyl halides is 3. The number of rotatable bonds is 10. The van der Waals surface area contributed by atoms with Gasteiger partial charge in [0.05, 0.1) is 10.5 Å². The first-order chi connectivity index (χ1) is 22.4. The Morgan fingerprint density at radius 1 is 0.938 bits per heavy atom. The van der Waals surface area contributed by atoms with E-state index < -0.39 is 46.6 Å². The maximum absolute atomic E-state index is 14.1. The summed E-state index contributed by atoms with van der Waals surface area (Å²) in [6, 6.07) is 13.5. The molecule has 0 atom stereocenters. The highest BCUT2D eigenvalue weighted by Crippen LogP contribution is 2.45. The first kappa shape index (κ1) is 36.0. The van der Waals surface area contributed by atoms with Gasteiger partial charge in [-0.3, -0.25) is 14.5 Å². The summed E-state index contributed by atoms with van der Waals surface area (Å²) in [5, 5.41) is -0.0485. The molecule has 0 radical (unpaired) electrons. The average Bonchev–Trinajstić information content (AvgIpc) is 3.41. The van der Waals surface area contributed by atoms with Crippen LogP contribution in [0.3, 0.4) is 0 Å². The van der Waals surface area contributed by atoms with Crippen LogP contribution in [0.5, 0.6) is 11.5 Å². The number of allylic oxidation sites excluding steroid dienone is 1. The summed E-state index contributed by atoms with van der Waals surface area (Å²) in [4.78, 5) is 29.2. The van der Waals surface area contributed by atoms with Crippen LogP contribution in [-0.4, -0.2) is 65.0 Å². The quantitative estimate of drug-likeness (QED) is 0.153. The first-order valence-electron chi connectivity index (χ1n) is 15.9. The molecule has 1 aliphatic heterocycles. The molecule has 1 aromatic heterocycles. The minimum atomic E-state index is -5.74. The van der Waals surface area contributed by atoms with Crippen molar-refractivity contribution in [1.29, 1.82) is 0 Å². The number of ketones is 2. The molecule has 5 rings (SSSR count). The number of benzene rings is 2. The van der Waals surface area contributed by atoms with Gasteiger partial charge in [-0.15, -0.1) is 11.3 Å². The second-order valence-corrected chi connectivity index (χ2v) is 21.5. The van der Waals surface area contributed by atoms with E-state index in [9.17, 15) is 31.2 Å². The van der Waals surface area contributed by atoms with E-state index in [1.807, 2.05) is 0 Å². The van der Waals surface area contributed by atoms with Gasteiger partial charge >= 0.3 is 5.51 Å². The summed E-state index contributed by atoms with van der Waals surface area (Å²) >= 11 is 0.912. The van der Waals surface area contributed by atoms with E-state index in [-0.39, 0.29) is 26.6 Å². The zero-order chi connectivity index (χ0) is 35.1. The van der Waals surface area contributed by atoms with Crippen LogP contribution in [-0.2, 0) is 9.84 Å². The van der Waals surface area contributed by atoms with Crippen molar-refractivity contribution in [3.63, 3.8) is 0 Å². The Morgan fingerprint density at radius 3 is 2.12 bits per heavy atom. The molecule has 0 spiro atoms. The Bertz CT molecular complexity index is 1820. The number of hydrogen-bond acceptors (Lipinski definition) is 8. The molecule has 2 heterocycles. The van der Waals surface area contributed by atoms with E-state index in [1.54, 1.807) is 48.5 Å². The molecule has 0 amide bonds. The summed E-state index contributed by atoms with van der Waals surface area (Å²) in [7, 11) is -7.90. The molecule has 1 aliphatic carbocycles. The number of sulfone groups is 1. The molecule has 48 heavy (non-hydrogen) atoms.